The zero-order valence-electron chi connectivity index (χ0n) is 13.7. The van der Waals surface area contributed by atoms with Crippen LogP contribution in [-0.2, 0) is 16.0 Å². The second-order valence-corrected chi connectivity index (χ2v) is 6.25. The number of aryl methyl sites for hydroxylation is 1. The molecule has 1 fully saturated rings. The number of carbonyl (C=O) groups is 2. The van der Waals surface area contributed by atoms with Crippen LogP contribution in [0.25, 0.3) is 0 Å². The third-order valence-electron chi connectivity index (χ3n) is 4.18. The molecule has 0 saturated heterocycles. The van der Waals surface area contributed by atoms with E-state index in [1.807, 2.05) is 43.3 Å². The maximum atomic E-state index is 12.0. The minimum Gasteiger partial charge on any atom is -0.469 e. The van der Waals surface area contributed by atoms with E-state index in [9.17, 15) is 9.59 Å². The highest BCUT2D eigenvalue weighted by Crippen LogP contribution is 2.30. The van der Waals surface area contributed by atoms with Crippen molar-refractivity contribution in [3.63, 3.8) is 0 Å². The predicted octanol–water partition coefficient (Wildman–Crippen LogP) is 3.44. The van der Waals surface area contributed by atoms with Gasteiger partial charge in [0.15, 0.2) is 0 Å². The molecule has 0 radical (unpaired) electrons. The van der Waals surface area contributed by atoms with Gasteiger partial charge in [0.05, 0.1) is 12.3 Å². The molecule has 2 amide bonds. The second kappa shape index (κ2) is 7.34. The lowest BCUT2D eigenvalue weighted by Gasteiger charge is -2.15. The van der Waals surface area contributed by atoms with Crippen molar-refractivity contribution in [3.05, 3.63) is 54.0 Å². The molecule has 1 atom stereocenters. The van der Waals surface area contributed by atoms with Crippen LogP contribution in [0.4, 0.5) is 5.69 Å². The molecule has 1 aromatic heterocycles. The first-order chi connectivity index (χ1) is 11.6. The molecule has 2 N–H and O–H groups in total. The number of anilines is 1. The van der Waals surface area contributed by atoms with Crippen LogP contribution in [0.3, 0.4) is 0 Å². The van der Waals surface area contributed by atoms with E-state index in [1.54, 1.807) is 6.26 Å². The van der Waals surface area contributed by atoms with E-state index >= 15 is 0 Å². The number of furan rings is 1. The van der Waals surface area contributed by atoms with Crippen LogP contribution >= 0.6 is 0 Å². The lowest BCUT2D eigenvalue weighted by molar-refractivity contribution is -0.121. The molecule has 0 bridgehead atoms. The number of benzene rings is 1. The Hall–Kier alpha value is -2.56. The molecule has 2 aromatic rings. The van der Waals surface area contributed by atoms with Crippen LogP contribution < -0.4 is 10.6 Å². The third kappa shape index (κ3) is 4.47. The number of rotatable bonds is 7. The summed E-state index contributed by atoms with van der Waals surface area (Å²) < 4.78 is 5.23. The van der Waals surface area contributed by atoms with Crippen LogP contribution in [0, 0.1) is 5.92 Å². The van der Waals surface area contributed by atoms with Gasteiger partial charge < -0.3 is 15.1 Å². The topological polar surface area (TPSA) is 71.3 Å². The molecule has 1 aromatic carbocycles. The highest BCUT2D eigenvalue weighted by atomic mass is 16.3. The van der Waals surface area contributed by atoms with E-state index in [2.05, 4.69) is 10.6 Å². The summed E-state index contributed by atoms with van der Waals surface area (Å²) in [5.74, 6) is 1.10. The molecule has 1 aliphatic rings. The number of hydrogen-bond donors (Lipinski definition) is 2. The summed E-state index contributed by atoms with van der Waals surface area (Å²) >= 11 is 0. The van der Waals surface area contributed by atoms with Crippen molar-refractivity contribution in [2.45, 2.75) is 38.6 Å². The first-order valence-electron chi connectivity index (χ1n) is 8.34. The monoisotopic (exact) mass is 326 g/mol. The summed E-state index contributed by atoms with van der Waals surface area (Å²) in [4.78, 5) is 23.7. The molecule has 5 nitrogen and oxygen atoms in total. The molecule has 24 heavy (non-hydrogen) atoms. The van der Waals surface area contributed by atoms with Gasteiger partial charge in [0, 0.05) is 24.4 Å². The Bertz CT molecular complexity index is 688. The van der Waals surface area contributed by atoms with Crippen molar-refractivity contribution in [2.75, 3.05) is 5.32 Å². The summed E-state index contributed by atoms with van der Waals surface area (Å²) in [6.07, 6.45) is 4.58. The smallest absolute Gasteiger partial charge is 0.227 e. The van der Waals surface area contributed by atoms with Crippen LogP contribution in [-0.4, -0.2) is 11.8 Å². The van der Waals surface area contributed by atoms with Crippen molar-refractivity contribution in [3.8, 4) is 0 Å². The SMILES string of the molecule is C[C@H](NC(=O)CCc1ccco1)c1ccc(NC(=O)C2CC2)cc1. The zero-order valence-corrected chi connectivity index (χ0v) is 13.7. The number of nitrogens with one attached hydrogen (secondary N) is 2. The summed E-state index contributed by atoms with van der Waals surface area (Å²) in [6, 6.07) is 11.2. The van der Waals surface area contributed by atoms with Gasteiger partial charge in [0.2, 0.25) is 11.8 Å². The highest BCUT2D eigenvalue weighted by molar-refractivity contribution is 5.94. The van der Waals surface area contributed by atoms with E-state index in [4.69, 9.17) is 4.42 Å². The fraction of sp³-hybridized carbons (Fsp3) is 0.368. The first kappa shape index (κ1) is 16.3. The summed E-state index contributed by atoms with van der Waals surface area (Å²) in [7, 11) is 0. The van der Waals surface area contributed by atoms with E-state index in [0.29, 0.717) is 12.8 Å². The Kier molecular flexibility index (Phi) is 4.99. The van der Waals surface area contributed by atoms with Crippen LogP contribution in [0.1, 0.15) is 43.6 Å². The third-order valence-corrected chi connectivity index (χ3v) is 4.18. The zero-order chi connectivity index (χ0) is 16.9. The van der Waals surface area contributed by atoms with Gasteiger partial charge in [-0.2, -0.15) is 0 Å². The number of hydrogen-bond acceptors (Lipinski definition) is 3. The average molecular weight is 326 g/mol. The van der Waals surface area contributed by atoms with Crippen molar-refractivity contribution in [2.24, 2.45) is 5.92 Å². The van der Waals surface area contributed by atoms with Gasteiger partial charge in [0.25, 0.3) is 0 Å². The molecule has 1 aliphatic carbocycles. The van der Waals surface area contributed by atoms with Crippen molar-refractivity contribution < 1.29 is 14.0 Å². The van der Waals surface area contributed by atoms with Crippen molar-refractivity contribution >= 4 is 17.5 Å². The molecule has 0 unspecified atom stereocenters. The van der Waals surface area contributed by atoms with Gasteiger partial charge in [-0.3, -0.25) is 9.59 Å². The van der Waals surface area contributed by atoms with Gasteiger partial charge >= 0.3 is 0 Å². The maximum absolute atomic E-state index is 12.0. The Morgan fingerprint density at radius 2 is 1.96 bits per heavy atom. The van der Waals surface area contributed by atoms with Crippen LogP contribution in [0.5, 0.6) is 0 Å². The van der Waals surface area contributed by atoms with Crippen molar-refractivity contribution in [1.82, 2.24) is 5.32 Å². The van der Waals surface area contributed by atoms with Crippen LogP contribution in [0.2, 0.25) is 0 Å². The minimum atomic E-state index is -0.0812. The molecule has 5 heteroatoms. The normalized spacial score (nSPS) is 14.9. The molecular formula is C19H22N2O3. The number of carbonyl (C=O) groups excluding carboxylic acids is 2. The second-order valence-electron chi connectivity index (χ2n) is 6.25. The summed E-state index contributed by atoms with van der Waals surface area (Å²) in [5, 5.41) is 5.89. The Morgan fingerprint density at radius 3 is 2.58 bits per heavy atom. The van der Waals surface area contributed by atoms with E-state index in [-0.39, 0.29) is 23.8 Å². The fourth-order valence-electron chi connectivity index (χ4n) is 2.53. The predicted molar refractivity (Wildman–Crippen MR) is 91.4 cm³/mol. The minimum absolute atomic E-state index is 0.00925. The van der Waals surface area contributed by atoms with Gasteiger partial charge in [-0.1, -0.05) is 12.1 Å². The average Bonchev–Trinajstić information content (AvgIpc) is 3.30. The molecule has 1 saturated carbocycles. The Balaban J connectivity index is 1.47. The molecule has 126 valence electrons. The summed E-state index contributed by atoms with van der Waals surface area (Å²) in [6.45, 7) is 1.95. The highest BCUT2D eigenvalue weighted by Gasteiger charge is 2.29. The molecule has 3 rings (SSSR count). The largest absolute Gasteiger partial charge is 0.469 e. The Morgan fingerprint density at radius 1 is 1.21 bits per heavy atom. The molecular weight excluding hydrogens is 304 g/mol. The van der Waals surface area contributed by atoms with Crippen LogP contribution in [0.15, 0.2) is 47.1 Å². The number of amides is 2. The molecule has 0 aliphatic heterocycles. The van der Waals surface area contributed by atoms with E-state index in [1.165, 1.54) is 0 Å². The molecule has 0 spiro atoms. The fourth-order valence-corrected chi connectivity index (χ4v) is 2.53. The first-order valence-corrected chi connectivity index (χ1v) is 8.34. The van der Waals surface area contributed by atoms with Gasteiger partial charge in [-0.05, 0) is 49.6 Å². The van der Waals surface area contributed by atoms with E-state index in [0.717, 1.165) is 29.9 Å². The Labute approximate surface area is 141 Å². The molecule has 1 heterocycles. The van der Waals surface area contributed by atoms with Gasteiger partial charge in [0.1, 0.15) is 5.76 Å². The standard InChI is InChI=1S/C19H22N2O3/c1-13(20-18(22)11-10-17-3-2-12-24-17)14-6-8-16(9-7-14)21-19(23)15-4-5-15/h2-3,6-9,12-13,15H,4-5,10-11H2,1H3,(H,20,22)(H,21,23)/t13-/m0/s1. The van der Waals surface area contributed by atoms with Gasteiger partial charge in [-0.15, -0.1) is 0 Å². The lowest BCUT2D eigenvalue weighted by atomic mass is 10.1. The van der Waals surface area contributed by atoms with E-state index < -0.39 is 0 Å². The maximum Gasteiger partial charge on any atom is 0.227 e. The summed E-state index contributed by atoms with van der Waals surface area (Å²) in [5.41, 5.74) is 1.80. The lowest BCUT2D eigenvalue weighted by Crippen LogP contribution is -2.26. The van der Waals surface area contributed by atoms with Gasteiger partial charge in [-0.25, -0.2) is 0 Å². The quantitative estimate of drug-likeness (QED) is 0.819. The van der Waals surface area contributed by atoms with Crippen molar-refractivity contribution in [1.29, 1.82) is 0 Å².